The topological polar surface area (TPSA) is 72.0 Å². The Labute approximate surface area is 155 Å². The first-order valence-corrected chi connectivity index (χ1v) is 9.36. The lowest BCUT2D eigenvalue weighted by Gasteiger charge is -2.34. The van der Waals surface area contributed by atoms with Crippen LogP contribution in [-0.2, 0) is 11.2 Å². The second-order valence-electron chi connectivity index (χ2n) is 6.28. The Morgan fingerprint density at radius 3 is 2.58 bits per heavy atom. The third-order valence-corrected chi connectivity index (χ3v) is 5.36. The number of nitrogens with zero attached hydrogens (tertiary/aromatic N) is 3. The normalized spacial score (nSPS) is 16.0. The fourth-order valence-electron chi connectivity index (χ4n) is 3.13. The highest BCUT2D eigenvalue weighted by molar-refractivity contribution is 7.09. The zero-order valence-electron chi connectivity index (χ0n) is 14.4. The van der Waals surface area contributed by atoms with Gasteiger partial charge in [-0.25, -0.2) is 4.98 Å². The highest BCUT2D eigenvalue weighted by Crippen LogP contribution is 2.32. The summed E-state index contributed by atoms with van der Waals surface area (Å²) in [7, 11) is 0. The summed E-state index contributed by atoms with van der Waals surface area (Å²) in [5, 5.41) is 2.89. The maximum atomic E-state index is 12.7. The van der Waals surface area contributed by atoms with Crippen LogP contribution in [0.3, 0.4) is 0 Å². The summed E-state index contributed by atoms with van der Waals surface area (Å²) in [4.78, 5) is 33.0. The Hall–Kier alpha value is -2.61. The molecule has 7 nitrogen and oxygen atoms in total. The van der Waals surface area contributed by atoms with E-state index in [2.05, 4.69) is 4.98 Å². The van der Waals surface area contributed by atoms with E-state index in [1.54, 1.807) is 39.3 Å². The van der Waals surface area contributed by atoms with Crippen molar-refractivity contribution in [3.8, 4) is 11.5 Å². The maximum Gasteiger partial charge on any atom is 0.254 e. The van der Waals surface area contributed by atoms with Crippen LogP contribution in [0.1, 0.15) is 21.1 Å². The highest BCUT2D eigenvalue weighted by Gasteiger charge is 2.26. The van der Waals surface area contributed by atoms with E-state index in [0.717, 1.165) is 10.7 Å². The molecule has 0 saturated carbocycles. The molecule has 2 amide bonds. The summed E-state index contributed by atoms with van der Waals surface area (Å²) in [6.07, 6.45) is 0.320. The van der Waals surface area contributed by atoms with Gasteiger partial charge in [0, 0.05) is 37.1 Å². The smallest absolute Gasteiger partial charge is 0.254 e. The number of hydrogen-bond acceptors (Lipinski definition) is 6. The number of rotatable bonds is 3. The molecule has 8 heteroatoms. The summed E-state index contributed by atoms with van der Waals surface area (Å²) >= 11 is 1.55. The second kappa shape index (κ2) is 6.95. The molecule has 0 radical (unpaired) electrons. The summed E-state index contributed by atoms with van der Waals surface area (Å²) in [5.41, 5.74) is 1.39. The van der Waals surface area contributed by atoms with Crippen LogP contribution in [0, 0.1) is 6.92 Å². The van der Waals surface area contributed by atoms with Gasteiger partial charge in [-0.3, -0.25) is 9.59 Å². The number of hydrogen-bond donors (Lipinski definition) is 0. The van der Waals surface area contributed by atoms with Gasteiger partial charge in [-0.2, -0.15) is 0 Å². The van der Waals surface area contributed by atoms with Crippen LogP contribution in [0.15, 0.2) is 23.6 Å². The number of fused-ring (bicyclic) bond motifs is 1. The predicted octanol–water partition coefficient (Wildman–Crippen LogP) is 1.71. The zero-order chi connectivity index (χ0) is 18.1. The molecule has 2 aliphatic heterocycles. The van der Waals surface area contributed by atoms with Crippen LogP contribution in [0.25, 0.3) is 0 Å². The zero-order valence-corrected chi connectivity index (χ0v) is 15.3. The van der Waals surface area contributed by atoms with E-state index in [0.29, 0.717) is 49.7 Å². The lowest BCUT2D eigenvalue weighted by Crippen LogP contribution is -2.51. The van der Waals surface area contributed by atoms with Gasteiger partial charge in [0.1, 0.15) is 0 Å². The van der Waals surface area contributed by atoms with Crippen molar-refractivity contribution in [3.05, 3.63) is 39.8 Å². The Bertz CT molecular complexity index is 843. The minimum absolute atomic E-state index is 0.0504. The van der Waals surface area contributed by atoms with Gasteiger partial charge in [-0.15, -0.1) is 11.3 Å². The van der Waals surface area contributed by atoms with Gasteiger partial charge in [0.2, 0.25) is 12.7 Å². The molecule has 26 heavy (non-hydrogen) atoms. The van der Waals surface area contributed by atoms with Crippen molar-refractivity contribution >= 4 is 23.2 Å². The van der Waals surface area contributed by atoms with E-state index >= 15 is 0 Å². The third kappa shape index (κ3) is 3.37. The van der Waals surface area contributed by atoms with E-state index in [1.807, 2.05) is 12.3 Å². The number of carbonyl (C=O) groups is 2. The summed E-state index contributed by atoms with van der Waals surface area (Å²) < 4.78 is 10.6. The largest absolute Gasteiger partial charge is 0.454 e. The molecule has 0 atom stereocenters. The number of thiazole rings is 1. The molecule has 1 aromatic heterocycles. The molecular formula is C18H19N3O4S. The number of carbonyl (C=O) groups excluding carboxylic acids is 2. The summed E-state index contributed by atoms with van der Waals surface area (Å²) in [6, 6.07) is 5.22. The van der Waals surface area contributed by atoms with Crippen molar-refractivity contribution in [2.24, 2.45) is 0 Å². The van der Waals surface area contributed by atoms with E-state index in [-0.39, 0.29) is 18.6 Å². The molecule has 0 N–H and O–H groups in total. The van der Waals surface area contributed by atoms with Crippen LogP contribution in [0.2, 0.25) is 0 Å². The number of aryl methyl sites for hydroxylation is 1. The quantitative estimate of drug-likeness (QED) is 0.819. The summed E-state index contributed by atoms with van der Waals surface area (Å²) in [6.45, 7) is 4.24. The number of benzene rings is 1. The molecule has 0 unspecified atom stereocenters. The molecule has 2 aromatic rings. The first-order valence-electron chi connectivity index (χ1n) is 8.48. The fourth-order valence-corrected chi connectivity index (χ4v) is 3.74. The van der Waals surface area contributed by atoms with Crippen molar-refractivity contribution in [3.63, 3.8) is 0 Å². The average Bonchev–Trinajstić information content (AvgIpc) is 3.29. The lowest BCUT2D eigenvalue weighted by molar-refractivity contribution is -0.132. The molecule has 1 fully saturated rings. The lowest BCUT2D eigenvalue weighted by atomic mass is 10.1. The van der Waals surface area contributed by atoms with E-state index < -0.39 is 0 Å². The second-order valence-corrected chi connectivity index (χ2v) is 7.34. The Morgan fingerprint density at radius 1 is 1.12 bits per heavy atom. The molecule has 0 bridgehead atoms. The van der Waals surface area contributed by atoms with Gasteiger partial charge >= 0.3 is 0 Å². The minimum Gasteiger partial charge on any atom is -0.454 e. The third-order valence-electron chi connectivity index (χ3n) is 4.54. The molecule has 0 spiro atoms. The van der Waals surface area contributed by atoms with Crippen molar-refractivity contribution in [1.82, 2.24) is 14.8 Å². The van der Waals surface area contributed by atoms with Gasteiger partial charge in [0.15, 0.2) is 11.5 Å². The van der Waals surface area contributed by atoms with Gasteiger partial charge in [-0.05, 0) is 25.1 Å². The van der Waals surface area contributed by atoms with Crippen molar-refractivity contribution in [2.75, 3.05) is 33.0 Å². The molecule has 1 saturated heterocycles. The number of amides is 2. The molecule has 4 rings (SSSR count). The van der Waals surface area contributed by atoms with Crippen molar-refractivity contribution < 1.29 is 19.1 Å². The first-order chi connectivity index (χ1) is 12.6. The van der Waals surface area contributed by atoms with Crippen molar-refractivity contribution in [2.45, 2.75) is 13.3 Å². The fraction of sp³-hybridized carbons (Fsp3) is 0.389. The van der Waals surface area contributed by atoms with E-state index in [4.69, 9.17) is 9.47 Å². The Balaban J connectivity index is 1.34. The molecule has 1 aromatic carbocycles. The number of ether oxygens (including phenoxy) is 2. The van der Waals surface area contributed by atoms with Crippen LogP contribution in [-0.4, -0.2) is 59.6 Å². The van der Waals surface area contributed by atoms with Gasteiger partial charge in [0.05, 0.1) is 17.1 Å². The maximum absolute atomic E-state index is 12.7. The highest BCUT2D eigenvalue weighted by atomic mass is 32.1. The monoisotopic (exact) mass is 373 g/mol. The van der Waals surface area contributed by atoms with E-state index in [9.17, 15) is 9.59 Å². The van der Waals surface area contributed by atoms with Gasteiger partial charge in [0.25, 0.3) is 5.91 Å². The van der Waals surface area contributed by atoms with E-state index in [1.165, 1.54) is 0 Å². The first kappa shape index (κ1) is 16.8. The Morgan fingerprint density at radius 2 is 1.85 bits per heavy atom. The SMILES string of the molecule is Cc1nc(CC(=O)N2CCN(C(=O)c3ccc4c(c3)OCO4)CC2)cs1. The number of aromatic nitrogens is 1. The van der Waals surface area contributed by atoms with Crippen molar-refractivity contribution in [1.29, 1.82) is 0 Å². The molecule has 0 aliphatic carbocycles. The van der Waals surface area contributed by atoms with Crippen LogP contribution in [0.5, 0.6) is 11.5 Å². The molecule has 2 aliphatic rings. The average molecular weight is 373 g/mol. The van der Waals surface area contributed by atoms with Crippen LogP contribution in [0.4, 0.5) is 0 Å². The predicted molar refractivity (Wildman–Crippen MR) is 95.6 cm³/mol. The van der Waals surface area contributed by atoms with Gasteiger partial charge < -0.3 is 19.3 Å². The molecular weight excluding hydrogens is 354 g/mol. The molecule has 3 heterocycles. The van der Waals surface area contributed by atoms with Gasteiger partial charge in [-0.1, -0.05) is 0 Å². The standard InChI is InChI=1S/C18H19N3O4S/c1-12-19-14(10-26-12)9-17(22)20-4-6-21(7-5-20)18(23)13-2-3-15-16(8-13)25-11-24-15/h2-3,8,10H,4-7,9,11H2,1H3. The Kier molecular flexibility index (Phi) is 4.50. The minimum atomic E-state index is -0.0504. The van der Waals surface area contributed by atoms with Crippen LogP contribution >= 0.6 is 11.3 Å². The summed E-state index contributed by atoms with van der Waals surface area (Å²) in [5.74, 6) is 1.27. The van der Waals surface area contributed by atoms with Crippen LogP contribution < -0.4 is 9.47 Å². The molecule has 136 valence electrons. The number of piperazine rings is 1.